The van der Waals surface area contributed by atoms with Crippen molar-refractivity contribution in [3.05, 3.63) is 28.6 Å². The van der Waals surface area contributed by atoms with Gasteiger partial charge in [-0.3, -0.25) is 0 Å². The molecule has 2 aromatic heterocycles. The van der Waals surface area contributed by atoms with Gasteiger partial charge in [0, 0.05) is 16.6 Å². The molecule has 1 aliphatic rings. The summed E-state index contributed by atoms with van der Waals surface area (Å²) in [5.74, 6) is 1.52. The van der Waals surface area contributed by atoms with Crippen LogP contribution in [0.15, 0.2) is 22.8 Å². The molecule has 0 spiro atoms. The van der Waals surface area contributed by atoms with Crippen LogP contribution in [0.4, 0.5) is 0 Å². The molecular weight excluding hydrogens is 292 g/mol. The molecule has 5 heteroatoms. The molecule has 0 aliphatic carbocycles. The van der Waals surface area contributed by atoms with Crippen LogP contribution in [0.1, 0.15) is 31.5 Å². The summed E-state index contributed by atoms with van der Waals surface area (Å²) in [6.07, 6.45) is 4.31. The number of nitrogens with zero attached hydrogens (tertiary/aromatic N) is 4. The van der Waals surface area contributed by atoms with Crippen molar-refractivity contribution >= 4 is 21.6 Å². The molecule has 0 aromatic carbocycles. The van der Waals surface area contributed by atoms with E-state index in [1.54, 1.807) is 0 Å². The van der Waals surface area contributed by atoms with Crippen LogP contribution >= 0.6 is 15.9 Å². The van der Waals surface area contributed by atoms with Crippen LogP contribution in [0, 0.1) is 0 Å². The minimum Gasteiger partial charge on any atom is -0.304 e. The van der Waals surface area contributed by atoms with Gasteiger partial charge < -0.3 is 4.90 Å². The Labute approximate surface area is 115 Å². The highest BCUT2D eigenvalue weighted by atomic mass is 79.9. The summed E-state index contributed by atoms with van der Waals surface area (Å²) in [4.78, 5) is 7.13. The summed E-state index contributed by atoms with van der Waals surface area (Å²) in [7, 11) is 0. The molecule has 0 radical (unpaired) electrons. The highest BCUT2D eigenvalue weighted by Gasteiger charge is 2.22. The molecule has 1 fully saturated rings. The van der Waals surface area contributed by atoms with Crippen molar-refractivity contribution in [1.29, 1.82) is 0 Å². The van der Waals surface area contributed by atoms with Gasteiger partial charge >= 0.3 is 0 Å². The number of pyridine rings is 1. The second-order valence-electron chi connectivity index (χ2n) is 4.83. The second kappa shape index (κ2) is 4.97. The molecule has 96 valence electrons. The monoisotopic (exact) mass is 308 g/mol. The zero-order valence-electron chi connectivity index (χ0n) is 10.5. The lowest BCUT2D eigenvalue weighted by atomic mass is 9.96. The molecule has 3 heterocycles. The Morgan fingerprint density at radius 3 is 2.83 bits per heavy atom. The SMILES string of the molecule is CCN1CCC(c2nc3ccc(Br)cn3n2)CC1. The number of piperidine rings is 1. The van der Waals surface area contributed by atoms with Gasteiger partial charge in [-0.25, -0.2) is 9.50 Å². The highest BCUT2D eigenvalue weighted by Crippen LogP contribution is 2.26. The van der Waals surface area contributed by atoms with Gasteiger partial charge in [-0.05, 0) is 60.5 Å². The third-order valence-electron chi connectivity index (χ3n) is 3.71. The maximum Gasteiger partial charge on any atom is 0.155 e. The first-order valence-electron chi connectivity index (χ1n) is 6.50. The fraction of sp³-hybridized carbons (Fsp3) is 0.538. The number of halogens is 1. The average Bonchev–Trinajstić information content (AvgIpc) is 2.81. The molecule has 0 atom stereocenters. The van der Waals surface area contributed by atoms with Gasteiger partial charge in [0.25, 0.3) is 0 Å². The second-order valence-corrected chi connectivity index (χ2v) is 5.74. The topological polar surface area (TPSA) is 33.4 Å². The van der Waals surface area contributed by atoms with Crippen molar-refractivity contribution in [2.75, 3.05) is 19.6 Å². The molecule has 0 unspecified atom stereocenters. The normalized spacial score (nSPS) is 18.6. The lowest BCUT2D eigenvalue weighted by Crippen LogP contribution is -2.32. The van der Waals surface area contributed by atoms with E-state index in [1.807, 2.05) is 22.8 Å². The largest absolute Gasteiger partial charge is 0.304 e. The van der Waals surface area contributed by atoms with Crippen LogP contribution in [0.2, 0.25) is 0 Å². The van der Waals surface area contributed by atoms with Gasteiger partial charge in [-0.1, -0.05) is 6.92 Å². The molecular formula is C13H17BrN4. The fourth-order valence-electron chi connectivity index (χ4n) is 2.56. The smallest absolute Gasteiger partial charge is 0.155 e. The molecule has 18 heavy (non-hydrogen) atoms. The Hall–Kier alpha value is -0.940. The van der Waals surface area contributed by atoms with E-state index in [2.05, 4.69) is 37.8 Å². The Morgan fingerprint density at radius 2 is 2.11 bits per heavy atom. The number of hydrogen-bond acceptors (Lipinski definition) is 3. The van der Waals surface area contributed by atoms with Gasteiger partial charge in [0.15, 0.2) is 11.5 Å². The van der Waals surface area contributed by atoms with Gasteiger partial charge in [-0.2, -0.15) is 5.10 Å². The number of fused-ring (bicyclic) bond motifs is 1. The van der Waals surface area contributed by atoms with Crippen molar-refractivity contribution in [3.8, 4) is 0 Å². The lowest BCUT2D eigenvalue weighted by molar-refractivity contribution is 0.219. The maximum atomic E-state index is 4.64. The number of rotatable bonds is 2. The number of aromatic nitrogens is 3. The summed E-state index contributed by atoms with van der Waals surface area (Å²) in [6.45, 7) is 5.71. The molecule has 4 nitrogen and oxygen atoms in total. The first kappa shape index (κ1) is 12.1. The minimum atomic E-state index is 0.520. The lowest BCUT2D eigenvalue weighted by Gasteiger charge is -2.29. The number of likely N-dealkylation sites (tertiary alicyclic amines) is 1. The van der Waals surface area contributed by atoms with E-state index >= 15 is 0 Å². The van der Waals surface area contributed by atoms with Crippen LogP contribution in [0.25, 0.3) is 5.65 Å². The first-order chi connectivity index (χ1) is 8.76. The summed E-state index contributed by atoms with van der Waals surface area (Å²) in [5, 5.41) is 4.61. The van der Waals surface area contributed by atoms with E-state index in [0.717, 1.165) is 22.5 Å². The third kappa shape index (κ3) is 2.29. The minimum absolute atomic E-state index is 0.520. The molecule has 0 bridgehead atoms. The predicted octanol–water partition coefficient (Wildman–Crippen LogP) is 2.69. The molecule has 3 rings (SSSR count). The van der Waals surface area contributed by atoms with E-state index in [9.17, 15) is 0 Å². The molecule has 1 aliphatic heterocycles. The zero-order chi connectivity index (χ0) is 12.5. The van der Waals surface area contributed by atoms with Gasteiger partial charge in [-0.15, -0.1) is 0 Å². The van der Waals surface area contributed by atoms with Crippen molar-refractivity contribution in [2.24, 2.45) is 0 Å². The fourth-order valence-corrected chi connectivity index (χ4v) is 2.88. The first-order valence-corrected chi connectivity index (χ1v) is 7.29. The zero-order valence-corrected chi connectivity index (χ0v) is 12.1. The maximum absolute atomic E-state index is 4.64. The van der Waals surface area contributed by atoms with Gasteiger partial charge in [0.05, 0.1) is 0 Å². The molecule has 0 saturated carbocycles. The van der Waals surface area contributed by atoms with Crippen LogP contribution in [0.3, 0.4) is 0 Å². The Kier molecular flexibility index (Phi) is 3.35. The van der Waals surface area contributed by atoms with Crippen molar-refractivity contribution < 1.29 is 0 Å². The van der Waals surface area contributed by atoms with E-state index in [4.69, 9.17) is 0 Å². The van der Waals surface area contributed by atoms with Crippen LogP contribution < -0.4 is 0 Å². The van der Waals surface area contributed by atoms with Gasteiger partial charge in [0.1, 0.15) is 0 Å². The Morgan fingerprint density at radius 1 is 1.33 bits per heavy atom. The molecule has 0 amide bonds. The number of hydrogen-bond donors (Lipinski definition) is 0. The van der Waals surface area contributed by atoms with Crippen LogP contribution in [-0.4, -0.2) is 39.1 Å². The van der Waals surface area contributed by atoms with E-state index in [0.29, 0.717) is 5.92 Å². The third-order valence-corrected chi connectivity index (χ3v) is 4.18. The van der Waals surface area contributed by atoms with Crippen molar-refractivity contribution in [2.45, 2.75) is 25.7 Å². The average molecular weight is 309 g/mol. The Bertz CT molecular complexity index is 543. The quantitative estimate of drug-likeness (QED) is 0.855. The summed E-state index contributed by atoms with van der Waals surface area (Å²) in [5.41, 5.74) is 0.936. The van der Waals surface area contributed by atoms with Crippen molar-refractivity contribution in [3.63, 3.8) is 0 Å². The van der Waals surface area contributed by atoms with Crippen LogP contribution in [-0.2, 0) is 0 Å². The Balaban J connectivity index is 1.82. The predicted molar refractivity (Wildman–Crippen MR) is 74.8 cm³/mol. The summed E-state index contributed by atoms with van der Waals surface area (Å²) >= 11 is 3.46. The molecule has 1 saturated heterocycles. The van der Waals surface area contributed by atoms with E-state index in [-0.39, 0.29) is 0 Å². The van der Waals surface area contributed by atoms with Gasteiger partial charge in [0.2, 0.25) is 0 Å². The van der Waals surface area contributed by atoms with E-state index in [1.165, 1.54) is 25.9 Å². The van der Waals surface area contributed by atoms with E-state index < -0.39 is 0 Å². The highest BCUT2D eigenvalue weighted by molar-refractivity contribution is 9.10. The summed E-state index contributed by atoms with van der Waals surface area (Å²) in [6, 6.07) is 4.01. The standard InChI is InChI=1S/C13H17BrN4/c1-2-17-7-5-10(6-8-17)13-15-12-4-3-11(14)9-18(12)16-13/h3-4,9-10H,2,5-8H2,1H3. The van der Waals surface area contributed by atoms with Crippen LogP contribution in [0.5, 0.6) is 0 Å². The molecule has 2 aromatic rings. The van der Waals surface area contributed by atoms with Crippen molar-refractivity contribution in [1.82, 2.24) is 19.5 Å². The summed E-state index contributed by atoms with van der Waals surface area (Å²) < 4.78 is 2.90. The molecule has 0 N–H and O–H groups in total.